The van der Waals surface area contributed by atoms with E-state index in [4.69, 9.17) is 0 Å². The molecule has 0 saturated carbocycles. The van der Waals surface area contributed by atoms with Crippen LogP contribution >= 0.6 is 11.8 Å². The van der Waals surface area contributed by atoms with Crippen molar-refractivity contribution in [3.63, 3.8) is 0 Å². The van der Waals surface area contributed by atoms with E-state index in [1.54, 1.807) is 19.1 Å². The highest BCUT2D eigenvalue weighted by molar-refractivity contribution is 8.01. The second-order valence-electron chi connectivity index (χ2n) is 5.27. The Morgan fingerprint density at radius 1 is 1.30 bits per heavy atom. The van der Waals surface area contributed by atoms with Crippen LogP contribution in [-0.4, -0.2) is 17.8 Å². The van der Waals surface area contributed by atoms with Gasteiger partial charge in [0.1, 0.15) is 5.75 Å². The Balaban J connectivity index is 1.69. The number of hydrogen-bond donors (Lipinski definition) is 1. The fourth-order valence-electron chi connectivity index (χ4n) is 2.45. The van der Waals surface area contributed by atoms with Crippen LogP contribution in [0.4, 0.5) is 14.5 Å². The number of alkyl halides is 2. The van der Waals surface area contributed by atoms with Crippen LogP contribution in [0.15, 0.2) is 47.4 Å². The minimum absolute atomic E-state index is 0.0696. The summed E-state index contributed by atoms with van der Waals surface area (Å²) in [7, 11) is 0. The fourth-order valence-corrected chi connectivity index (χ4v) is 3.65. The van der Waals surface area contributed by atoms with Crippen molar-refractivity contribution in [3.05, 3.63) is 53.6 Å². The summed E-state index contributed by atoms with van der Waals surface area (Å²) in [6.07, 6.45) is 0.666. The minimum Gasteiger partial charge on any atom is -0.434 e. The summed E-state index contributed by atoms with van der Waals surface area (Å²) in [6.45, 7) is -1.22. The van der Waals surface area contributed by atoms with Crippen molar-refractivity contribution in [2.24, 2.45) is 0 Å². The van der Waals surface area contributed by atoms with Crippen LogP contribution in [-0.2, 0) is 11.2 Å². The minimum atomic E-state index is -2.89. The van der Waals surface area contributed by atoms with Gasteiger partial charge in [-0.05, 0) is 36.6 Å². The van der Waals surface area contributed by atoms with Crippen molar-refractivity contribution in [3.8, 4) is 5.75 Å². The maximum atomic E-state index is 12.4. The first-order valence-corrected chi connectivity index (χ1v) is 8.02. The van der Waals surface area contributed by atoms with E-state index in [-0.39, 0.29) is 16.9 Å². The molecule has 0 fully saturated rings. The lowest BCUT2D eigenvalue weighted by Gasteiger charge is -2.13. The number of rotatable bonds is 4. The third-order valence-electron chi connectivity index (χ3n) is 3.61. The van der Waals surface area contributed by atoms with Crippen molar-refractivity contribution in [1.82, 2.24) is 0 Å². The van der Waals surface area contributed by atoms with Gasteiger partial charge >= 0.3 is 6.61 Å². The van der Waals surface area contributed by atoms with Gasteiger partial charge in [0.2, 0.25) is 5.91 Å². The number of amides is 1. The molecular formula is C17H15F2NO2S. The second kappa shape index (κ2) is 6.58. The van der Waals surface area contributed by atoms with Gasteiger partial charge in [0, 0.05) is 16.6 Å². The molecule has 3 rings (SSSR count). The van der Waals surface area contributed by atoms with E-state index in [1.807, 2.05) is 24.3 Å². The lowest BCUT2D eigenvalue weighted by molar-refractivity contribution is -0.115. The molecule has 1 aliphatic rings. The summed E-state index contributed by atoms with van der Waals surface area (Å²) in [4.78, 5) is 13.5. The van der Waals surface area contributed by atoms with Crippen LogP contribution in [0.5, 0.6) is 5.75 Å². The molecule has 0 saturated heterocycles. The number of anilines is 1. The van der Waals surface area contributed by atoms with Crippen molar-refractivity contribution < 1.29 is 18.3 Å². The average Bonchev–Trinajstić information content (AvgIpc) is 2.94. The number of aryl methyl sites for hydroxylation is 1. The Hall–Kier alpha value is -2.08. The summed E-state index contributed by atoms with van der Waals surface area (Å²) in [5, 5.41) is 2.56. The van der Waals surface area contributed by atoms with E-state index in [2.05, 4.69) is 10.1 Å². The largest absolute Gasteiger partial charge is 0.434 e. The maximum absolute atomic E-state index is 12.4. The predicted molar refractivity (Wildman–Crippen MR) is 86.2 cm³/mol. The van der Waals surface area contributed by atoms with Crippen LogP contribution < -0.4 is 10.1 Å². The van der Waals surface area contributed by atoms with E-state index >= 15 is 0 Å². The van der Waals surface area contributed by atoms with Crippen LogP contribution in [0.1, 0.15) is 11.1 Å². The Bertz CT molecular complexity index is 711. The molecule has 0 bridgehead atoms. The van der Waals surface area contributed by atoms with E-state index in [0.29, 0.717) is 17.7 Å². The summed E-state index contributed by atoms with van der Waals surface area (Å²) >= 11 is 1.52. The van der Waals surface area contributed by atoms with Gasteiger partial charge in [-0.1, -0.05) is 24.3 Å². The lowest BCUT2D eigenvalue weighted by Crippen LogP contribution is -2.24. The van der Waals surface area contributed by atoms with E-state index < -0.39 is 6.61 Å². The molecule has 2 aromatic rings. The van der Waals surface area contributed by atoms with E-state index in [0.717, 1.165) is 10.5 Å². The van der Waals surface area contributed by atoms with Gasteiger partial charge in [-0.3, -0.25) is 4.79 Å². The number of thioether (sulfide) groups is 1. The number of hydrogen-bond acceptors (Lipinski definition) is 3. The zero-order valence-electron chi connectivity index (χ0n) is 12.4. The van der Waals surface area contributed by atoms with Gasteiger partial charge in [-0.25, -0.2) is 0 Å². The molecule has 1 amide bonds. The summed E-state index contributed by atoms with van der Waals surface area (Å²) in [6, 6.07) is 12.6. The van der Waals surface area contributed by atoms with Crippen molar-refractivity contribution >= 4 is 23.4 Å². The molecule has 0 aliphatic carbocycles. The fraction of sp³-hybridized carbons (Fsp3) is 0.235. The molecule has 1 aliphatic heterocycles. The Kier molecular flexibility index (Phi) is 4.52. The monoisotopic (exact) mass is 335 g/mol. The van der Waals surface area contributed by atoms with Gasteiger partial charge in [0.25, 0.3) is 0 Å². The first-order valence-electron chi connectivity index (χ1n) is 7.14. The lowest BCUT2D eigenvalue weighted by atomic mass is 10.1. The number of halogens is 2. The standard InChI is InChI=1S/C17H15F2NO2S/c1-10-6-7-12(9-13(10)22-17(18)19)20-16(21)15-8-11-4-2-3-5-14(11)23-15/h2-7,9,15,17H,8H2,1H3,(H,20,21). The number of fused-ring (bicyclic) bond motifs is 1. The molecule has 2 aromatic carbocycles. The number of carbonyl (C=O) groups excluding carboxylic acids is 1. The van der Waals surface area contributed by atoms with Crippen LogP contribution in [0.25, 0.3) is 0 Å². The first-order chi connectivity index (χ1) is 11.0. The van der Waals surface area contributed by atoms with Gasteiger partial charge in [0.05, 0.1) is 5.25 Å². The molecule has 1 heterocycles. The highest BCUT2D eigenvalue weighted by atomic mass is 32.2. The Morgan fingerprint density at radius 2 is 2.09 bits per heavy atom. The molecule has 23 heavy (non-hydrogen) atoms. The smallest absolute Gasteiger partial charge is 0.387 e. The molecule has 1 atom stereocenters. The predicted octanol–water partition coefficient (Wildman–Crippen LogP) is 4.25. The highest BCUT2D eigenvalue weighted by Crippen LogP contribution is 2.37. The zero-order valence-corrected chi connectivity index (χ0v) is 13.2. The Labute approximate surface area is 137 Å². The maximum Gasteiger partial charge on any atom is 0.387 e. The normalized spacial score (nSPS) is 16.3. The molecule has 0 radical (unpaired) electrons. The van der Waals surface area contributed by atoms with Gasteiger partial charge in [0.15, 0.2) is 0 Å². The van der Waals surface area contributed by atoms with Crippen LogP contribution in [0, 0.1) is 6.92 Å². The quantitative estimate of drug-likeness (QED) is 0.908. The molecule has 1 N–H and O–H groups in total. The first kappa shape index (κ1) is 15.8. The zero-order chi connectivity index (χ0) is 16.4. The Morgan fingerprint density at radius 3 is 2.83 bits per heavy atom. The molecule has 0 spiro atoms. The summed E-state index contributed by atoms with van der Waals surface area (Å²) < 4.78 is 29.2. The molecule has 6 heteroatoms. The molecule has 120 valence electrons. The van der Waals surface area contributed by atoms with E-state index in [1.165, 1.54) is 17.8 Å². The third kappa shape index (κ3) is 3.64. The van der Waals surface area contributed by atoms with Gasteiger partial charge in [-0.2, -0.15) is 8.78 Å². The van der Waals surface area contributed by atoms with Crippen molar-refractivity contribution in [1.29, 1.82) is 0 Å². The number of ether oxygens (including phenoxy) is 1. The number of carbonyl (C=O) groups is 1. The van der Waals surface area contributed by atoms with Gasteiger partial charge in [-0.15, -0.1) is 11.8 Å². The molecule has 3 nitrogen and oxygen atoms in total. The topological polar surface area (TPSA) is 38.3 Å². The number of nitrogens with one attached hydrogen (secondary N) is 1. The number of benzene rings is 2. The highest BCUT2D eigenvalue weighted by Gasteiger charge is 2.28. The van der Waals surface area contributed by atoms with Crippen molar-refractivity contribution in [2.45, 2.75) is 30.1 Å². The third-order valence-corrected chi connectivity index (χ3v) is 4.93. The van der Waals surface area contributed by atoms with E-state index in [9.17, 15) is 13.6 Å². The molecule has 1 unspecified atom stereocenters. The molecule has 0 aromatic heterocycles. The van der Waals surface area contributed by atoms with Crippen LogP contribution in [0.3, 0.4) is 0 Å². The van der Waals surface area contributed by atoms with Crippen LogP contribution in [0.2, 0.25) is 0 Å². The van der Waals surface area contributed by atoms with Gasteiger partial charge < -0.3 is 10.1 Å². The molecular weight excluding hydrogens is 320 g/mol. The second-order valence-corrected chi connectivity index (χ2v) is 6.51. The SMILES string of the molecule is Cc1ccc(NC(=O)C2Cc3ccccc3S2)cc1OC(F)F. The summed E-state index contributed by atoms with van der Waals surface area (Å²) in [5.74, 6) is -0.0711. The van der Waals surface area contributed by atoms with Crippen molar-refractivity contribution in [2.75, 3.05) is 5.32 Å². The average molecular weight is 335 g/mol. The summed E-state index contributed by atoms with van der Waals surface area (Å²) in [5.41, 5.74) is 2.20.